The van der Waals surface area contributed by atoms with Gasteiger partial charge in [0.25, 0.3) is 5.91 Å². The molecular formula is C33H35ClN4O4. The topological polar surface area (TPSA) is 88.8 Å². The van der Waals surface area contributed by atoms with Crippen LogP contribution in [0.3, 0.4) is 0 Å². The zero-order valence-corrected chi connectivity index (χ0v) is 24.5. The lowest BCUT2D eigenvalue weighted by atomic mass is 10.0. The van der Waals surface area contributed by atoms with E-state index in [1.54, 1.807) is 46.2 Å². The largest absolute Gasteiger partial charge is 0.494 e. The molecule has 3 aromatic carbocycles. The Morgan fingerprint density at radius 1 is 1.02 bits per heavy atom. The van der Waals surface area contributed by atoms with E-state index >= 15 is 0 Å². The number of benzene rings is 3. The van der Waals surface area contributed by atoms with Gasteiger partial charge in [0.1, 0.15) is 18.3 Å². The van der Waals surface area contributed by atoms with Crippen molar-refractivity contribution in [3.63, 3.8) is 0 Å². The number of halogens is 1. The van der Waals surface area contributed by atoms with Gasteiger partial charge in [0, 0.05) is 29.2 Å². The summed E-state index contributed by atoms with van der Waals surface area (Å²) in [5.41, 5.74) is 2.23. The molecule has 1 saturated heterocycles. The molecule has 2 heterocycles. The summed E-state index contributed by atoms with van der Waals surface area (Å²) >= 11 is 6.02. The van der Waals surface area contributed by atoms with Crippen molar-refractivity contribution in [1.29, 1.82) is 0 Å². The fourth-order valence-corrected chi connectivity index (χ4v) is 5.17. The quantitative estimate of drug-likeness (QED) is 0.176. The van der Waals surface area contributed by atoms with E-state index in [4.69, 9.17) is 20.9 Å². The minimum Gasteiger partial charge on any atom is -0.494 e. The van der Waals surface area contributed by atoms with Crippen LogP contribution < -0.4 is 4.74 Å². The minimum atomic E-state index is -0.354. The molecule has 1 aliphatic heterocycles. The molecule has 0 spiro atoms. The summed E-state index contributed by atoms with van der Waals surface area (Å²) in [6.07, 6.45) is 4.53. The third-order valence-electron chi connectivity index (χ3n) is 7.35. The van der Waals surface area contributed by atoms with Crippen molar-refractivity contribution in [2.45, 2.75) is 51.6 Å². The molecule has 0 radical (unpaired) electrons. The number of aromatic nitrogens is 2. The van der Waals surface area contributed by atoms with Crippen LogP contribution in [0.5, 0.6) is 5.75 Å². The van der Waals surface area contributed by atoms with E-state index in [9.17, 15) is 9.59 Å². The Kier molecular flexibility index (Phi) is 9.87. The predicted octanol–water partition coefficient (Wildman–Crippen LogP) is 6.97. The second-order valence-corrected chi connectivity index (χ2v) is 10.9. The van der Waals surface area contributed by atoms with Gasteiger partial charge in [-0.05, 0) is 79.8 Å². The average Bonchev–Trinajstić information content (AvgIpc) is 3.52. The summed E-state index contributed by atoms with van der Waals surface area (Å²) in [5, 5.41) is 4.78. The van der Waals surface area contributed by atoms with Gasteiger partial charge in [0.15, 0.2) is 0 Å². The van der Waals surface area contributed by atoms with Crippen LogP contribution in [-0.4, -0.2) is 51.5 Å². The Morgan fingerprint density at radius 2 is 1.79 bits per heavy atom. The number of rotatable bonds is 11. The Morgan fingerprint density at radius 3 is 2.52 bits per heavy atom. The molecule has 1 fully saturated rings. The zero-order valence-electron chi connectivity index (χ0n) is 23.7. The van der Waals surface area contributed by atoms with Crippen molar-refractivity contribution in [3.05, 3.63) is 101 Å². The van der Waals surface area contributed by atoms with E-state index < -0.39 is 0 Å². The van der Waals surface area contributed by atoms with Gasteiger partial charge in [-0.15, -0.1) is 0 Å². The second-order valence-electron chi connectivity index (χ2n) is 10.4. The van der Waals surface area contributed by atoms with Crippen LogP contribution in [-0.2, 0) is 11.3 Å². The third kappa shape index (κ3) is 7.36. The van der Waals surface area contributed by atoms with Gasteiger partial charge in [0.2, 0.25) is 17.6 Å². The second kappa shape index (κ2) is 14.1. The SMILES string of the molecule is CCCCOc1ccc(C(=O)N(CC(=O)N2CCCCC2c2nc(-c3ccc(Cl)cc3)no2)Cc2ccccc2)cc1. The number of carbonyl (C=O) groups excluding carboxylic acids is 2. The number of likely N-dealkylation sites (tertiary alicyclic amines) is 1. The first-order valence-corrected chi connectivity index (χ1v) is 14.8. The highest BCUT2D eigenvalue weighted by Crippen LogP contribution is 2.32. The molecule has 1 aliphatic rings. The maximum absolute atomic E-state index is 13.8. The number of hydrogen-bond donors (Lipinski definition) is 0. The van der Waals surface area contributed by atoms with Crippen LogP contribution >= 0.6 is 11.6 Å². The van der Waals surface area contributed by atoms with Crippen LogP contribution in [0.15, 0.2) is 83.4 Å². The van der Waals surface area contributed by atoms with Crippen molar-refractivity contribution in [1.82, 2.24) is 19.9 Å². The zero-order chi connectivity index (χ0) is 29.3. The third-order valence-corrected chi connectivity index (χ3v) is 7.60. The smallest absolute Gasteiger partial charge is 0.254 e. The van der Waals surface area contributed by atoms with Gasteiger partial charge in [-0.2, -0.15) is 4.98 Å². The molecule has 1 aromatic heterocycles. The molecular weight excluding hydrogens is 552 g/mol. The number of nitrogens with zero attached hydrogens (tertiary/aromatic N) is 4. The lowest BCUT2D eigenvalue weighted by Crippen LogP contribution is -2.45. The van der Waals surface area contributed by atoms with Crippen LogP contribution in [0.1, 0.15) is 66.9 Å². The van der Waals surface area contributed by atoms with E-state index in [0.717, 1.165) is 42.6 Å². The summed E-state index contributed by atoms with van der Waals surface area (Å²) in [6, 6.07) is 23.7. The van der Waals surface area contributed by atoms with Crippen molar-refractivity contribution in [3.8, 4) is 17.1 Å². The molecule has 8 nitrogen and oxygen atoms in total. The summed E-state index contributed by atoms with van der Waals surface area (Å²) in [6.45, 7) is 3.54. The first-order chi connectivity index (χ1) is 20.5. The highest BCUT2D eigenvalue weighted by atomic mass is 35.5. The number of carbonyl (C=O) groups is 2. The van der Waals surface area contributed by atoms with Crippen LogP contribution in [0.25, 0.3) is 11.4 Å². The van der Waals surface area contributed by atoms with E-state index in [1.165, 1.54) is 0 Å². The predicted molar refractivity (Wildman–Crippen MR) is 161 cm³/mol. The van der Waals surface area contributed by atoms with E-state index in [0.29, 0.717) is 48.4 Å². The van der Waals surface area contributed by atoms with E-state index in [-0.39, 0.29) is 24.4 Å². The van der Waals surface area contributed by atoms with E-state index in [2.05, 4.69) is 17.1 Å². The molecule has 0 aliphatic carbocycles. The monoisotopic (exact) mass is 586 g/mol. The molecule has 42 heavy (non-hydrogen) atoms. The van der Waals surface area contributed by atoms with Crippen LogP contribution in [0.4, 0.5) is 0 Å². The summed E-state index contributed by atoms with van der Waals surface area (Å²) in [4.78, 5) is 35.6. The van der Waals surface area contributed by atoms with Crippen LogP contribution in [0, 0.1) is 0 Å². The number of ether oxygens (including phenoxy) is 1. The molecule has 0 N–H and O–H groups in total. The van der Waals surface area contributed by atoms with Gasteiger partial charge in [-0.3, -0.25) is 9.59 Å². The van der Waals surface area contributed by atoms with Gasteiger partial charge in [0.05, 0.1) is 6.61 Å². The van der Waals surface area contributed by atoms with Crippen molar-refractivity contribution < 1.29 is 18.8 Å². The molecule has 1 unspecified atom stereocenters. The Bertz CT molecular complexity index is 1460. The van der Waals surface area contributed by atoms with Crippen molar-refractivity contribution in [2.75, 3.05) is 19.7 Å². The van der Waals surface area contributed by atoms with Crippen molar-refractivity contribution >= 4 is 23.4 Å². The summed E-state index contributed by atoms with van der Waals surface area (Å²) < 4.78 is 11.4. The Labute approximate surface area is 251 Å². The first-order valence-electron chi connectivity index (χ1n) is 14.5. The maximum atomic E-state index is 13.8. The molecule has 5 rings (SSSR count). The fourth-order valence-electron chi connectivity index (χ4n) is 5.04. The highest BCUT2D eigenvalue weighted by Gasteiger charge is 2.34. The molecule has 0 saturated carbocycles. The summed E-state index contributed by atoms with van der Waals surface area (Å²) in [5.74, 6) is 1.19. The molecule has 218 valence electrons. The van der Waals surface area contributed by atoms with Gasteiger partial charge in [-0.1, -0.05) is 60.4 Å². The molecule has 0 bridgehead atoms. The molecule has 4 aromatic rings. The summed E-state index contributed by atoms with van der Waals surface area (Å²) in [7, 11) is 0. The van der Waals surface area contributed by atoms with Gasteiger partial charge >= 0.3 is 0 Å². The number of unbranched alkanes of at least 4 members (excludes halogenated alkanes) is 1. The van der Waals surface area contributed by atoms with Gasteiger partial charge < -0.3 is 19.1 Å². The van der Waals surface area contributed by atoms with E-state index in [1.807, 2.05) is 42.5 Å². The lowest BCUT2D eigenvalue weighted by Gasteiger charge is -2.35. The van der Waals surface area contributed by atoms with Gasteiger partial charge in [-0.25, -0.2) is 0 Å². The normalized spacial score (nSPS) is 14.9. The lowest BCUT2D eigenvalue weighted by molar-refractivity contribution is -0.136. The highest BCUT2D eigenvalue weighted by molar-refractivity contribution is 6.30. The maximum Gasteiger partial charge on any atom is 0.254 e. The molecule has 9 heteroatoms. The minimum absolute atomic E-state index is 0.0723. The standard InChI is InChI=1S/C33H35ClN4O4/c1-2-3-21-41-28-18-14-26(15-19-28)33(40)37(22-24-9-5-4-6-10-24)23-30(39)38-20-8-7-11-29(38)32-35-31(36-42-32)25-12-16-27(34)17-13-25/h4-6,9-10,12-19,29H,2-3,7-8,11,20-23H2,1H3. The Hall–Kier alpha value is -4.17. The molecule has 1 atom stereocenters. The van der Waals surface area contributed by atoms with Crippen LogP contribution in [0.2, 0.25) is 5.02 Å². The fraction of sp³-hybridized carbons (Fsp3) is 0.333. The first kappa shape index (κ1) is 29.3. The number of piperidine rings is 1. The number of amides is 2. The average molecular weight is 587 g/mol. The Balaban J connectivity index is 1.33. The number of hydrogen-bond acceptors (Lipinski definition) is 6. The molecule has 2 amide bonds. The van der Waals surface area contributed by atoms with Crippen molar-refractivity contribution in [2.24, 2.45) is 0 Å².